The molecule has 0 aliphatic rings. The third-order valence-corrected chi connectivity index (χ3v) is 3.61. The van der Waals surface area contributed by atoms with E-state index >= 15 is 0 Å². The summed E-state index contributed by atoms with van der Waals surface area (Å²) in [6.45, 7) is 0. The van der Waals surface area contributed by atoms with Crippen molar-refractivity contribution in [1.29, 1.82) is 0 Å². The molecule has 6 nitrogen and oxygen atoms in total. The average Bonchev–Trinajstić information content (AvgIpc) is 3.15. The predicted octanol–water partition coefficient (Wildman–Crippen LogP) is 3.18. The van der Waals surface area contributed by atoms with Gasteiger partial charge < -0.3 is 9.47 Å². The number of methoxy groups -OCH3 is 2. The van der Waals surface area contributed by atoms with Gasteiger partial charge in [0.25, 0.3) is 0 Å². The Morgan fingerprint density at radius 3 is 2.60 bits per heavy atom. The van der Waals surface area contributed by atoms with Crippen LogP contribution in [-0.4, -0.2) is 35.0 Å². The lowest BCUT2D eigenvalue weighted by Gasteiger charge is -2.07. The molecule has 1 heterocycles. The van der Waals surface area contributed by atoms with Crippen LogP contribution in [0.2, 0.25) is 0 Å². The first-order valence-electron chi connectivity index (χ1n) is 7.63. The number of benzene rings is 2. The van der Waals surface area contributed by atoms with Crippen LogP contribution in [0.1, 0.15) is 16.1 Å². The van der Waals surface area contributed by atoms with Crippen LogP contribution < -0.4 is 9.47 Å². The van der Waals surface area contributed by atoms with Crippen molar-refractivity contribution < 1.29 is 14.3 Å². The summed E-state index contributed by atoms with van der Waals surface area (Å²) in [5.41, 5.74) is 1.94. The zero-order valence-electron chi connectivity index (χ0n) is 13.9. The molecule has 3 aromatic rings. The van der Waals surface area contributed by atoms with Crippen molar-refractivity contribution in [3.05, 3.63) is 72.1 Å². The Hall–Kier alpha value is -3.41. The summed E-state index contributed by atoms with van der Waals surface area (Å²) in [5, 5.41) is 8.11. The lowest BCUT2D eigenvalue weighted by Crippen LogP contribution is -1.99. The Morgan fingerprint density at radius 2 is 1.88 bits per heavy atom. The van der Waals surface area contributed by atoms with Crippen LogP contribution in [0.5, 0.6) is 11.5 Å². The molecule has 0 fully saturated rings. The van der Waals surface area contributed by atoms with Crippen molar-refractivity contribution in [3.63, 3.8) is 0 Å². The Kier molecular flexibility index (Phi) is 4.89. The highest BCUT2D eigenvalue weighted by atomic mass is 16.5. The third-order valence-electron chi connectivity index (χ3n) is 3.61. The van der Waals surface area contributed by atoms with Gasteiger partial charge in [-0.2, -0.15) is 0 Å². The summed E-state index contributed by atoms with van der Waals surface area (Å²) in [7, 11) is 3.08. The molecule has 0 atom stereocenters. The quantitative estimate of drug-likeness (QED) is 0.511. The highest BCUT2D eigenvalue weighted by Gasteiger charge is 2.11. The van der Waals surface area contributed by atoms with Gasteiger partial charge in [0.15, 0.2) is 5.78 Å². The first-order chi connectivity index (χ1) is 12.2. The SMILES string of the molecule is COc1ccc(C(=O)/C=C/c2cn(-c3ccccc3)nn2)c(OC)c1. The van der Waals surface area contributed by atoms with Crippen LogP contribution in [0.3, 0.4) is 0 Å². The van der Waals surface area contributed by atoms with Gasteiger partial charge in [-0.05, 0) is 36.4 Å². The second-order valence-corrected chi connectivity index (χ2v) is 5.19. The molecule has 0 saturated carbocycles. The molecule has 0 N–H and O–H groups in total. The molecule has 2 aromatic carbocycles. The van der Waals surface area contributed by atoms with Crippen molar-refractivity contribution in [1.82, 2.24) is 15.0 Å². The number of hydrogen-bond donors (Lipinski definition) is 0. The molecule has 0 aliphatic carbocycles. The summed E-state index contributed by atoms with van der Waals surface area (Å²) in [6.07, 6.45) is 4.83. The second-order valence-electron chi connectivity index (χ2n) is 5.19. The van der Waals surface area contributed by atoms with Crippen molar-refractivity contribution in [2.24, 2.45) is 0 Å². The first kappa shape index (κ1) is 16.4. The molecule has 0 radical (unpaired) electrons. The van der Waals surface area contributed by atoms with Gasteiger partial charge in [-0.25, -0.2) is 4.68 Å². The van der Waals surface area contributed by atoms with E-state index in [1.165, 1.54) is 13.2 Å². The van der Waals surface area contributed by atoms with Gasteiger partial charge in [0.2, 0.25) is 0 Å². The predicted molar refractivity (Wildman–Crippen MR) is 94.3 cm³/mol. The van der Waals surface area contributed by atoms with Gasteiger partial charge in [-0.1, -0.05) is 23.4 Å². The number of ketones is 1. The minimum atomic E-state index is -0.186. The zero-order chi connectivity index (χ0) is 17.6. The Labute approximate surface area is 145 Å². The molecule has 1 aromatic heterocycles. The van der Waals surface area contributed by atoms with Crippen molar-refractivity contribution in [2.75, 3.05) is 14.2 Å². The van der Waals surface area contributed by atoms with E-state index in [0.717, 1.165) is 5.69 Å². The van der Waals surface area contributed by atoms with Gasteiger partial charge in [0.05, 0.1) is 31.7 Å². The molecule has 0 spiro atoms. The molecule has 6 heteroatoms. The van der Waals surface area contributed by atoms with Gasteiger partial charge in [0, 0.05) is 6.07 Å². The standard InChI is InChI=1S/C19H17N3O3/c1-24-16-9-10-17(19(12-16)25-2)18(23)11-8-14-13-22(21-20-14)15-6-4-3-5-7-15/h3-13H,1-2H3/b11-8+. The van der Waals surface area contributed by atoms with Crippen LogP contribution in [0.15, 0.2) is 60.8 Å². The van der Waals surface area contributed by atoms with E-state index in [0.29, 0.717) is 22.8 Å². The Balaban J connectivity index is 1.78. The van der Waals surface area contributed by atoms with E-state index in [1.54, 1.807) is 42.3 Å². The molecular formula is C19H17N3O3. The lowest BCUT2D eigenvalue weighted by atomic mass is 10.1. The number of ether oxygens (including phenoxy) is 2. The maximum atomic E-state index is 12.4. The Bertz CT molecular complexity index is 901. The molecule has 0 amide bonds. The van der Waals surface area contributed by atoms with E-state index in [4.69, 9.17) is 9.47 Å². The molecule has 0 bridgehead atoms. The maximum Gasteiger partial charge on any atom is 0.189 e. The fourth-order valence-corrected chi connectivity index (χ4v) is 2.31. The van der Waals surface area contributed by atoms with Gasteiger partial charge in [0.1, 0.15) is 17.2 Å². The van der Waals surface area contributed by atoms with Gasteiger partial charge in [-0.3, -0.25) is 4.79 Å². The van der Waals surface area contributed by atoms with E-state index in [1.807, 2.05) is 30.3 Å². The minimum absolute atomic E-state index is 0.186. The molecule has 126 valence electrons. The summed E-state index contributed by atoms with van der Waals surface area (Å²) < 4.78 is 12.0. The average molecular weight is 335 g/mol. The Morgan fingerprint density at radius 1 is 1.08 bits per heavy atom. The number of para-hydroxylation sites is 1. The van der Waals surface area contributed by atoms with Gasteiger partial charge in [-0.15, -0.1) is 5.10 Å². The zero-order valence-corrected chi connectivity index (χ0v) is 13.9. The largest absolute Gasteiger partial charge is 0.497 e. The van der Waals surface area contributed by atoms with Crippen molar-refractivity contribution in [2.45, 2.75) is 0 Å². The van der Waals surface area contributed by atoms with Crippen LogP contribution in [0, 0.1) is 0 Å². The fraction of sp³-hybridized carbons (Fsp3) is 0.105. The molecular weight excluding hydrogens is 318 g/mol. The smallest absolute Gasteiger partial charge is 0.189 e. The highest BCUT2D eigenvalue weighted by Crippen LogP contribution is 2.25. The topological polar surface area (TPSA) is 66.2 Å². The highest BCUT2D eigenvalue weighted by molar-refractivity contribution is 6.08. The first-order valence-corrected chi connectivity index (χ1v) is 7.63. The van der Waals surface area contributed by atoms with E-state index in [9.17, 15) is 4.79 Å². The molecule has 3 rings (SSSR count). The van der Waals surface area contributed by atoms with E-state index in [2.05, 4.69) is 10.3 Å². The summed E-state index contributed by atoms with van der Waals surface area (Å²) >= 11 is 0. The summed E-state index contributed by atoms with van der Waals surface area (Å²) in [6, 6.07) is 14.7. The normalized spacial score (nSPS) is 10.8. The minimum Gasteiger partial charge on any atom is -0.497 e. The fourth-order valence-electron chi connectivity index (χ4n) is 2.31. The summed E-state index contributed by atoms with van der Waals surface area (Å²) in [4.78, 5) is 12.4. The maximum absolute atomic E-state index is 12.4. The molecule has 0 saturated heterocycles. The number of hydrogen-bond acceptors (Lipinski definition) is 5. The summed E-state index contributed by atoms with van der Waals surface area (Å²) in [5.74, 6) is 0.902. The number of aromatic nitrogens is 3. The van der Waals surface area contributed by atoms with Crippen molar-refractivity contribution >= 4 is 11.9 Å². The number of carbonyl (C=O) groups is 1. The monoisotopic (exact) mass is 335 g/mol. The van der Waals surface area contributed by atoms with Crippen LogP contribution >= 0.6 is 0 Å². The molecule has 0 unspecified atom stereocenters. The third kappa shape index (κ3) is 3.74. The molecule has 0 aliphatic heterocycles. The van der Waals surface area contributed by atoms with Crippen LogP contribution in [0.4, 0.5) is 0 Å². The van der Waals surface area contributed by atoms with Crippen LogP contribution in [-0.2, 0) is 0 Å². The number of carbonyl (C=O) groups excluding carboxylic acids is 1. The van der Waals surface area contributed by atoms with Crippen molar-refractivity contribution in [3.8, 4) is 17.2 Å². The number of allylic oxidation sites excluding steroid dienone is 1. The number of rotatable bonds is 6. The lowest BCUT2D eigenvalue weighted by molar-refractivity contribution is 0.104. The van der Waals surface area contributed by atoms with E-state index in [-0.39, 0.29) is 5.78 Å². The van der Waals surface area contributed by atoms with Crippen LogP contribution in [0.25, 0.3) is 11.8 Å². The second kappa shape index (κ2) is 7.44. The van der Waals surface area contributed by atoms with E-state index < -0.39 is 0 Å². The number of nitrogens with zero attached hydrogens (tertiary/aromatic N) is 3. The van der Waals surface area contributed by atoms with Gasteiger partial charge >= 0.3 is 0 Å². The molecule has 25 heavy (non-hydrogen) atoms.